The lowest BCUT2D eigenvalue weighted by Gasteiger charge is -2.20. The minimum atomic E-state index is -4.68. The van der Waals surface area contributed by atoms with Gasteiger partial charge in [0.2, 0.25) is 5.82 Å². The SMILES string of the molecule is CC(C)(C)NC(=O)c1ccc(-c2noc(C(F)(F)F)n2)cc1. The summed E-state index contributed by atoms with van der Waals surface area (Å²) >= 11 is 0. The van der Waals surface area contributed by atoms with Crippen LogP contribution in [0.5, 0.6) is 0 Å². The molecule has 5 nitrogen and oxygen atoms in total. The Morgan fingerprint density at radius 1 is 1.14 bits per heavy atom. The Balaban J connectivity index is 2.19. The third-order valence-electron chi connectivity index (χ3n) is 2.56. The van der Waals surface area contributed by atoms with Crippen molar-refractivity contribution in [2.75, 3.05) is 0 Å². The summed E-state index contributed by atoms with van der Waals surface area (Å²) in [5.74, 6) is -1.87. The molecule has 1 amide bonds. The smallest absolute Gasteiger partial charge is 0.347 e. The van der Waals surface area contributed by atoms with E-state index in [1.54, 1.807) is 0 Å². The summed E-state index contributed by atoms with van der Waals surface area (Å²) in [7, 11) is 0. The van der Waals surface area contributed by atoms with Crippen LogP contribution in [0.25, 0.3) is 11.4 Å². The van der Waals surface area contributed by atoms with E-state index in [1.165, 1.54) is 24.3 Å². The first-order valence-corrected chi connectivity index (χ1v) is 6.40. The number of aromatic nitrogens is 2. The van der Waals surface area contributed by atoms with Crippen molar-refractivity contribution in [3.63, 3.8) is 0 Å². The minimum absolute atomic E-state index is 0.185. The van der Waals surface area contributed by atoms with Crippen LogP contribution >= 0.6 is 0 Å². The highest BCUT2D eigenvalue weighted by Gasteiger charge is 2.38. The summed E-state index contributed by atoms with van der Waals surface area (Å²) in [6, 6.07) is 5.89. The molecule has 1 N–H and O–H groups in total. The average Bonchev–Trinajstić information content (AvgIpc) is 2.86. The molecule has 0 saturated heterocycles. The molecule has 0 radical (unpaired) electrons. The number of nitrogens with one attached hydrogen (secondary N) is 1. The molecule has 2 rings (SSSR count). The highest BCUT2D eigenvalue weighted by atomic mass is 19.4. The highest BCUT2D eigenvalue weighted by molar-refractivity contribution is 5.95. The van der Waals surface area contributed by atoms with Crippen LogP contribution in [-0.4, -0.2) is 21.6 Å². The van der Waals surface area contributed by atoms with Crippen LogP contribution in [-0.2, 0) is 6.18 Å². The van der Waals surface area contributed by atoms with Crippen LogP contribution in [0.4, 0.5) is 13.2 Å². The quantitative estimate of drug-likeness (QED) is 0.924. The monoisotopic (exact) mass is 313 g/mol. The van der Waals surface area contributed by atoms with Gasteiger partial charge < -0.3 is 9.84 Å². The molecule has 0 aliphatic carbocycles. The van der Waals surface area contributed by atoms with Crippen molar-refractivity contribution < 1.29 is 22.5 Å². The fourth-order valence-corrected chi connectivity index (χ4v) is 1.64. The number of carbonyl (C=O) groups is 1. The van der Waals surface area contributed by atoms with Crippen molar-refractivity contribution in [1.29, 1.82) is 0 Å². The molecule has 118 valence electrons. The van der Waals surface area contributed by atoms with Crippen LogP contribution in [0.15, 0.2) is 28.8 Å². The maximum absolute atomic E-state index is 12.4. The van der Waals surface area contributed by atoms with Gasteiger partial charge in [-0.15, -0.1) is 0 Å². The first-order valence-electron chi connectivity index (χ1n) is 6.40. The zero-order valence-corrected chi connectivity index (χ0v) is 12.2. The second-order valence-electron chi connectivity index (χ2n) is 5.70. The predicted molar refractivity (Wildman–Crippen MR) is 72.0 cm³/mol. The summed E-state index contributed by atoms with van der Waals surface area (Å²) in [5.41, 5.74) is 0.329. The van der Waals surface area contributed by atoms with E-state index < -0.39 is 12.1 Å². The van der Waals surface area contributed by atoms with Crippen molar-refractivity contribution in [2.24, 2.45) is 0 Å². The maximum atomic E-state index is 12.4. The lowest BCUT2D eigenvalue weighted by Crippen LogP contribution is -2.40. The summed E-state index contributed by atoms with van der Waals surface area (Å²) in [6.07, 6.45) is -4.68. The Hall–Kier alpha value is -2.38. The van der Waals surface area contributed by atoms with Gasteiger partial charge in [0.05, 0.1) is 0 Å². The van der Waals surface area contributed by atoms with E-state index in [-0.39, 0.29) is 17.3 Å². The molecule has 0 aliphatic heterocycles. The van der Waals surface area contributed by atoms with Gasteiger partial charge in [-0.1, -0.05) is 17.3 Å². The van der Waals surface area contributed by atoms with Gasteiger partial charge in [0.15, 0.2) is 0 Å². The average molecular weight is 313 g/mol. The number of halogens is 3. The molecular formula is C14H14F3N3O2. The van der Waals surface area contributed by atoms with Gasteiger partial charge >= 0.3 is 12.1 Å². The molecule has 0 spiro atoms. The predicted octanol–water partition coefficient (Wildman–Crippen LogP) is 3.28. The molecule has 0 atom stereocenters. The standard InChI is InChI=1S/C14H14F3N3O2/c1-13(2,3)19-11(21)9-6-4-8(5-7-9)10-18-12(22-20-10)14(15,16)17/h4-7H,1-3H3,(H,19,21). The summed E-state index contributed by atoms with van der Waals surface area (Å²) in [6.45, 7) is 5.53. The summed E-state index contributed by atoms with van der Waals surface area (Å²) < 4.78 is 41.3. The lowest BCUT2D eigenvalue weighted by atomic mass is 10.1. The van der Waals surface area contributed by atoms with Gasteiger partial charge in [0.25, 0.3) is 5.91 Å². The molecule has 0 bridgehead atoms. The van der Waals surface area contributed by atoms with Gasteiger partial charge in [-0.2, -0.15) is 18.2 Å². The van der Waals surface area contributed by atoms with E-state index in [4.69, 9.17) is 0 Å². The van der Waals surface area contributed by atoms with Crippen molar-refractivity contribution in [1.82, 2.24) is 15.5 Å². The second kappa shape index (κ2) is 5.43. The number of hydrogen-bond acceptors (Lipinski definition) is 4. The zero-order valence-electron chi connectivity index (χ0n) is 12.2. The third-order valence-corrected chi connectivity index (χ3v) is 2.56. The van der Waals surface area contributed by atoms with E-state index in [1.807, 2.05) is 20.8 Å². The van der Waals surface area contributed by atoms with Crippen molar-refractivity contribution in [3.8, 4) is 11.4 Å². The topological polar surface area (TPSA) is 68.0 Å². The molecular weight excluding hydrogens is 299 g/mol. The lowest BCUT2D eigenvalue weighted by molar-refractivity contribution is -0.159. The Morgan fingerprint density at radius 3 is 2.18 bits per heavy atom. The first-order chi connectivity index (χ1) is 10.1. The molecule has 1 aromatic carbocycles. The molecule has 22 heavy (non-hydrogen) atoms. The Bertz CT molecular complexity index is 670. The molecule has 0 fully saturated rings. The summed E-state index contributed by atoms with van der Waals surface area (Å²) in [4.78, 5) is 15.2. The first kappa shape index (κ1) is 16.0. The van der Waals surface area contributed by atoms with Crippen LogP contribution in [0.1, 0.15) is 37.0 Å². The molecule has 0 saturated carbocycles. The molecule has 1 heterocycles. The minimum Gasteiger partial charge on any atom is -0.347 e. The number of amides is 1. The van der Waals surface area contributed by atoms with Gasteiger partial charge in [-0.05, 0) is 32.9 Å². The largest absolute Gasteiger partial charge is 0.471 e. The van der Waals surface area contributed by atoms with Crippen molar-refractivity contribution in [2.45, 2.75) is 32.5 Å². The summed E-state index contributed by atoms with van der Waals surface area (Å²) in [5, 5.41) is 6.06. The Morgan fingerprint density at radius 2 is 1.73 bits per heavy atom. The van der Waals surface area contributed by atoms with Crippen LogP contribution in [0.2, 0.25) is 0 Å². The maximum Gasteiger partial charge on any atom is 0.471 e. The van der Waals surface area contributed by atoms with Gasteiger partial charge in [0, 0.05) is 16.7 Å². The molecule has 0 aliphatic rings. The van der Waals surface area contributed by atoms with Crippen LogP contribution in [0, 0.1) is 0 Å². The fourth-order valence-electron chi connectivity index (χ4n) is 1.64. The number of rotatable bonds is 2. The number of hydrogen-bond donors (Lipinski definition) is 1. The van der Waals surface area contributed by atoms with Crippen LogP contribution in [0.3, 0.4) is 0 Å². The van der Waals surface area contributed by atoms with E-state index in [2.05, 4.69) is 20.0 Å². The van der Waals surface area contributed by atoms with E-state index >= 15 is 0 Å². The van der Waals surface area contributed by atoms with E-state index in [0.717, 1.165) is 0 Å². The third kappa shape index (κ3) is 3.84. The van der Waals surface area contributed by atoms with Gasteiger partial charge in [-0.25, -0.2) is 0 Å². The second-order valence-corrected chi connectivity index (χ2v) is 5.70. The van der Waals surface area contributed by atoms with Crippen molar-refractivity contribution in [3.05, 3.63) is 35.7 Å². The number of nitrogens with zero attached hydrogens (tertiary/aromatic N) is 2. The number of carbonyl (C=O) groups excluding carboxylic acids is 1. The Kier molecular flexibility index (Phi) is 3.95. The zero-order chi connectivity index (χ0) is 16.5. The van der Waals surface area contributed by atoms with E-state index in [0.29, 0.717) is 11.1 Å². The molecule has 2 aromatic rings. The number of alkyl halides is 3. The molecule has 0 unspecified atom stereocenters. The molecule has 8 heteroatoms. The van der Waals surface area contributed by atoms with Gasteiger partial charge in [-0.3, -0.25) is 4.79 Å². The van der Waals surface area contributed by atoms with Crippen molar-refractivity contribution >= 4 is 5.91 Å². The fraction of sp³-hybridized carbons (Fsp3) is 0.357. The highest BCUT2D eigenvalue weighted by Crippen LogP contribution is 2.29. The normalized spacial score (nSPS) is 12.3. The van der Waals surface area contributed by atoms with Crippen LogP contribution < -0.4 is 5.32 Å². The van der Waals surface area contributed by atoms with Gasteiger partial charge in [0.1, 0.15) is 0 Å². The number of benzene rings is 1. The Labute approximate surface area is 124 Å². The molecule has 1 aromatic heterocycles. The van der Waals surface area contributed by atoms with E-state index in [9.17, 15) is 18.0 Å².